The zero-order valence-electron chi connectivity index (χ0n) is 8.35. The number of carbonyl (C=O) groups is 2. The second kappa shape index (κ2) is 4.14. The minimum atomic E-state index is -1.31. The summed E-state index contributed by atoms with van der Waals surface area (Å²) in [6.07, 6.45) is -0.375. The first-order valence-corrected chi connectivity index (χ1v) is 4.96. The van der Waals surface area contributed by atoms with Gasteiger partial charge in [-0.2, -0.15) is 10.1 Å². The Bertz CT molecular complexity index is 524. The number of carboxylic acids is 1. The molecular formula is C10H6ClFN2O3. The number of para-hydroxylation sites is 1. The summed E-state index contributed by atoms with van der Waals surface area (Å²) in [5.41, 5.74) is -0.565. The summed E-state index contributed by atoms with van der Waals surface area (Å²) in [4.78, 5) is 22.2. The van der Waals surface area contributed by atoms with E-state index in [1.807, 2.05) is 0 Å². The van der Waals surface area contributed by atoms with Crippen molar-refractivity contribution in [1.82, 2.24) is 0 Å². The fourth-order valence-corrected chi connectivity index (χ4v) is 1.66. The van der Waals surface area contributed by atoms with Gasteiger partial charge in [-0.3, -0.25) is 4.79 Å². The molecule has 0 saturated carbocycles. The van der Waals surface area contributed by atoms with Crippen LogP contribution in [-0.4, -0.2) is 22.7 Å². The minimum absolute atomic E-state index is 0.00580. The van der Waals surface area contributed by atoms with Gasteiger partial charge in [0.15, 0.2) is 11.5 Å². The molecule has 0 unspecified atom stereocenters. The fraction of sp³-hybridized carbons (Fsp3) is 0.100. The summed E-state index contributed by atoms with van der Waals surface area (Å²) in [6, 6.07) is 3.88. The van der Waals surface area contributed by atoms with E-state index >= 15 is 0 Å². The third-order valence-electron chi connectivity index (χ3n) is 2.17. The Morgan fingerprint density at radius 3 is 2.76 bits per heavy atom. The third kappa shape index (κ3) is 1.99. The van der Waals surface area contributed by atoms with Gasteiger partial charge in [-0.15, -0.1) is 0 Å². The van der Waals surface area contributed by atoms with E-state index < -0.39 is 17.7 Å². The highest BCUT2D eigenvalue weighted by atomic mass is 35.5. The molecule has 7 heteroatoms. The maximum absolute atomic E-state index is 13.5. The molecule has 88 valence electrons. The molecule has 0 spiro atoms. The Morgan fingerprint density at radius 1 is 1.53 bits per heavy atom. The summed E-state index contributed by atoms with van der Waals surface area (Å²) >= 11 is 5.75. The number of carbonyl (C=O) groups excluding carboxylic acids is 1. The van der Waals surface area contributed by atoms with E-state index in [-0.39, 0.29) is 22.8 Å². The molecule has 17 heavy (non-hydrogen) atoms. The van der Waals surface area contributed by atoms with Gasteiger partial charge in [-0.25, -0.2) is 9.18 Å². The van der Waals surface area contributed by atoms with Crippen LogP contribution < -0.4 is 5.01 Å². The van der Waals surface area contributed by atoms with Crippen molar-refractivity contribution in [3.8, 4) is 0 Å². The van der Waals surface area contributed by atoms with Gasteiger partial charge in [0.25, 0.3) is 5.91 Å². The van der Waals surface area contributed by atoms with Gasteiger partial charge in [-0.05, 0) is 12.1 Å². The number of benzene rings is 1. The number of nitrogens with zero attached hydrogens (tertiary/aromatic N) is 2. The Hall–Kier alpha value is -1.95. The van der Waals surface area contributed by atoms with Crippen LogP contribution in [0.25, 0.3) is 0 Å². The molecule has 0 fully saturated rings. The van der Waals surface area contributed by atoms with Crippen LogP contribution in [0.15, 0.2) is 23.3 Å². The van der Waals surface area contributed by atoms with Gasteiger partial charge in [0.2, 0.25) is 0 Å². The van der Waals surface area contributed by atoms with E-state index in [0.717, 1.165) is 6.07 Å². The molecule has 1 aliphatic rings. The highest BCUT2D eigenvalue weighted by molar-refractivity contribution is 6.42. The van der Waals surface area contributed by atoms with Crippen molar-refractivity contribution in [1.29, 1.82) is 0 Å². The van der Waals surface area contributed by atoms with Crippen LogP contribution in [0.2, 0.25) is 5.02 Å². The molecule has 0 bridgehead atoms. The molecule has 1 aromatic carbocycles. The second-order valence-electron chi connectivity index (χ2n) is 3.30. The molecular weight excluding hydrogens is 251 g/mol. The summed E-state index contributed by atoms with van der Waals surface area (Å²) in [6.45, 7) is 0. The summed E-state index contributed by atoms with van der Waals surface area (Å²) in [5.74, 6) is -2.68. The van der Waals surface area contributed by atoms with Crippen LogP contribution in [0.4, 0.5) is 10.1 Å². The lowest BCUT2D eigenvalue weighted by atomic mass is 10.2. The average molecular weight is 257 g/mol. The van der Waals surface area contributed by atoms with Gasteiger partial charge in [0.1, 0.15) is 5.69 Å². The molecule has 0 atom stereocenters. The van der Waals surface area contributed by atoms with Crippen molar-refractivity contribution in [2.45, 2.75) is 6.42 Å². The molecule has 0 aromatic heterocycles. The SMILES string of the molecule is O=C(O)C1=NN(c2c(F)cccc2Cl)C(=O)C1. The Morgan fingerprint density at radius 2 is 2.24 bits per heavy atom. The van der Waals surface area contributed by atoms with E-state index in [0.29, 0.717) is 5.01 Å². The molecule has 1 heterocycles. The van der Waals surface area contributed by atoms with Crippen LogP contribution in [0.1, 0.15) is 6.42 Å². The van der Waals surface area contributed by atoms with Crippen LogP contribution >= 0.6 is 11.6 Å². The zero-order valence-corrected chi connectivity index (χ0v) is 9.11. The normalized spacial score (nSPS) is 15.1. The van der Waals surface area contributed by atoms with Crippen molar-refractivity contribution in [2.24, 2.45) is 5.10 Å². The van der Waals surface area contributed by atoms with Gasteiger partial charge in [0, 0.05) is 0 Å². The van der Waals surface area contributed by atoms with Crippen molar-refractivity contribution in [2.75, 3.05) is 5.01 Å². The molecule has 1 aromatic rings. The predicted octanol–water partition coefficient (Wildman–Crippen LogP) is 1.66. The standard InChI is InChI=1S/C10H6ClFN2O3/c11-5-2-1-3-6(12)9(5)14-8(15)4-7(13-14)10(16)17/h1-3H,4H2,(H,16,17). The number of anilines is 1. The van der Waals surface area contributed by atoms with E-state index in [4.69, 9.17) is 16.7 Å². The number of rotatable bonds is 2. The summed E-state index contributed by atoms with van der Waals surface area (Å²) < 4.78 is 13.5. The Balaban J connectivity index is 2.48. The number of halogens is 2. The zero-order chi connectivity index (χ0) is 12.6. The molecule has 5 nitrogen and oxygen atoms in total. The van der Waals surface area contributed by atoms with E-state index in [2.05, 4.69) is 5.10 Å². The van der Waals surface area contributed by atoms with Crippen LogP contribution in [0, 0.1) is 5.82 Å². The fourth-order valence-electron chi connectivity index (χ4n) is 1.41. The van der Waals surface area contributed by atoms with Gasteiger partial charge in [0.05, 0.1) is 11.4 Å². The summed E-state index contributed by atoms with van der Waals surface area (Å²) in [7, 11) is 0. The van der Waals surface area contributed by atoms with Crippen LogP contribution in [-0.2, 0) is 9.59 Å². The Labute approximate surface area is 100 Å². The van der Waals surface area contributed by atoms with Gasteiger partial charge < -0.3 is 5.11 Å². The lowest BCUT2D eigenvalue weighted by Crippen LogP contribution is -2.21. The van der Waals surface area contributed by atoms with Crippen LogP contribution in [0.3, 0.4) is 0 Å². The predicted molar refractivity (Wildman–Crippen MR) is 58.6 cm³/mol. The smallest absolute Gasteiger partial charge is 0.352 e. The van der Waals surface area contributed by atoms with Crippen LogP contribution in [0.5, 0.6) is 0 Å². The molecule has 2 rings (SSSR count). The van der Waals surface area contributed by atoms with Crippen molar-refractivity contribution < 1.29 is 19.1 Å². The second-order valence-corrected chi connectivity index (χ2v) is 3.71. The van der Waals surface area contributed by atoms with E-state index in [9.17, 15) is 14.0 Å². The van der Waals surface area contributed by atoms with Gasteiger partial charge >= 0.3 is 5.97 Å². The monoisotopic (exact) mass is 256 g/mol. The molecule has 1 aliphatic heterocycles. The average Bonchev–Trinajstić information content (AvgIpc) is 2.61. The van der Waals surface area contributed by atoms with E-state index in [1.54, 1.807) is 0 Å². The lowest BCUT2D eigenvalue weighted by Gasteiger charge is -2.13. The van der Waals surface area contributed by atoms with E-state index in [1.165, 1.54) is 12.1 Å². The lowest BCUT2D eigenvalue weighted by molar-refractivity contribution is -0.129. The third-order valence-corrected chi connectivity index (χ3v) is 2.48. The largest absolute Gasteiger partial charge is 0.477 e. The molecule has 1 N–H and O–H groups in total. The first-order valence-electron chi connectivity index (χ1n) is 4.58. The van der Waals surface area contributed by atoms with Crippen molar-refractivity contribution in [3.05, 3.63) is 29.0 Å². The quantitative estimate of drug-likeness (QED) is 0.875. The van der Waals surface area contributed by atoms with Crippen molar-refractivity contribution >= 4 is 34.9 Å². The maximum Gasteiger partial charge on any atom is 0.352 e. The van der Waals surface area contributed by atoms with Gasteiger partial charge in [-0.1, -0.05) is 17.7 Å². The first kappa shape index (κ1) is 11.5. The molecule has 1 amide bonds. The number of amides is 1. The number of aliphatic carboxylic acids is 1. The topological polar surface area (TPSA) is 70.0 Å². The number of hydrogen-bond acceptors (Lipinski definition) is 3. The molecule has 0 radical (unpaired) electrons. The number of carboxylic acid groups (broad SMARTS) is 1. The highest BCUT2D eigenvalue weighted by Crippen LogP contribution is 2.31. The number of hydrazone groups is 1. The summed E-state index contributed by atoms with van der Waals surface area (Å²) in [5, 5.41) is 12.9. The molecule has 0 saturated heterocycles. The van der Waals surface area contributed by atoms with Crippen molar-refractivity contribution in [3.63, 3.8) is 0 Å². The Kier molecular flexibility index (Phi) is 2.81. The maximum atomic E-state index is 13.5. The first-order chi connectivity index (χ1) is 8.00. The highest BCUT2D eigenvalue weighted by Gasteiger charge is 2.31. The minimum Gasteiger partial charge on any atom is -0.477 e. The molecule has 0 aliphatic carbocycles. The number of hydrogen-bond donors (Lipinski definition) is 1.